The molecule has 0 saturated carbocycles. The average Bonchev–Trinajstić information content (AvgIpc) is 3.14. The monoisotopic (exact) mass is 378 g/mol. The van der Waals surface area contributed by atoms with E-state index in [0.29, 0.717) is 5.95 Å². The number of nitrogens with zero attached hydrogens (tertiary/aromatic N) is 5. The van der Waals surface area contributed by atoms with Crippen LogP contribution in [0.1, 0.15) is 30.7 Å². The zero-order valence-corrected chi connectivity index (χ0v) is 16.6. The number of hydrogen-bond donors (Lipinski definition) is 1. The number of aryl methyl sites for hydroxylation is 2. The van der Waals surface area contributed by atoms with E-state index in [-0.39, 0.29) is 0 Å². The average molecular weight is 378 g/mol. The summed E-state index contributed by atoms with van der Waals surface area (Å²) < 4.78 is 7.55. The second-order valence-electron chi connectivity index (χ2n) is 7.17. The lowest BCUT2D eigenvalue weighted by atomic mass is 10.1. The summed E-state index contributed by atoms with van der Waals surface area (Å²) >= 11 is 0. The maximum atomic E-state index is 5.59. The summed E-state index contributed by atoms with van der Waals surface area (Å²) in [5.41, 5.74) is 3.73. The minimum Gasteiger partial charge on any atom is -0.494 e. The lowest BCUT2D eigenvalue weighted by Gasteiger charge is -2.28. The Hall–Kier alpha value is -3.09. The van der Waals surface area contributed by atoms with Crippen molar-refractivity contribution >= 4 is 17.5 Å². The number of anilines is 3. The normalized spacial score (nSPS) is 14.2. The van der Waals surface area contributed by atoms with Crippen LogP contribution in [0.3, 0.4) is 0 Å². The van der Waals surface area contributed by atoms with Crippen LogP contribution in [0.15, 0.2) is 36.8 Å². The summed E-state index contributed by atoms with van der Waals surface area (Å²) in [5, 5.41) is 3.33. The van der Waals surface area contributed by atoms with Crippen molar-refractivity contribution < 1.29 is 4.74 Å². The highest BCUT2D eigenvalue weighted by atomic mass is 16.5. The SMILES string of the molecule is COc1cc(Nc2nc(C)cc(N3CCCCC3)n2)ccc1-n1cnc(C)c1. The number of benzene rings is 1. The molecule has 0 radical (unpaired) electrons. The predicted octanol–water partition coefficient (Wildman–Crippen LogP) is 4.02. The number of imidazole rings is 1. The first-order valence-electron chi connectivity index (χ1n) is 9.69. The van der Waals surface area contributed by atoms with Gasteiger partial charge in [-0.2, -0.15) is 4.98 Å². The number of rotatable bonds is 5. The Labute approximate surface area is 165 Å². The standard InChI is InChI=1S/C21H26N6O/c1-15-11-20(26-9-5-4-6-10-26)25-21(23-15)24-17-7-8-18(19(12-17)28-3)27-13-16(2)22-14-27/h7-8,11-14H,4-6,9-10H2,1-3H3,(H,23,24,25). The zero-order valence-electron chi connectivity index (χ0n) is 16.6. The molecule has 7 heteroatoms. The van der Waals surface area contributed by atoms with Crippen LogP contribution in [0.4, 0.5) is 17.5 Å². The quantitative estimate of drug-likeness (QED) is 0.723. The van der Waals surface area contributed by atoms with E-state index in [4.69, 9.17) is 9.72 Å². The molecule has 7 nitrogen and oxygen atoms in total. The van der Waals surface area contributed by atoms with Crippen LogP contribution >= 0.6 is 0 Å². The molecule has 1 saturated heterocycles. The van der Waals surface area contributed by atoms with Gasteiger partial charge in [0.05, 0.1) is 24.8 Å². The lowest BCUT2D eigenvalue weighted by molar-refractivity contribution is 0.413. The maximum Gasteiger partial charge on any atom is 0.229 e. The largest absolute Gasteiger partial charge is 0.494 e. The van der Waals surface area contributed by atoms with Gasteiger partial charge >= 0.3 is 0 Å². The van der Waals surface area contributed by atoms with E-state index in [1.165, 1.54) is 19.3 Å². The Morgan fingerprint density at radius 3 is 2.54 bits per heavy atom. The number of ether oxygens (including phenoxy) is 1. The highest BCUT2D eigenvalue weighted by molar-refractivity contribution is 5.62. The summed E-state index contributed by atoms with van der Waals surface area (Å²) in [6, 6.07) is 8.02. The minimum atomic E-state index is 0.605. The third-order valence-corrected chi connectivity index (χ3v) is 4.95. The first kappa shape index (κ1) is 18.3. The molecule has 0 spiro atoms. The van der Waals surface area contributed by atoms with Crippen molar-refractivity contribution in [3.8, 4) is 11.4 Å². The van der Waals surface area contributed by atoms with Crippen molar-refractivity contribution in [2.75, 3.05) is 30.4 Å². The molecule has 4 rings (SSSR count). The van der Waals surface area contributed by atoms with E-state index >= 15 is 0 Å². The van der Waals surface area contributed by atoms with E-state index < -0.39 is 0 Å². The summed E-state index contributed by atoms with van der Waals surface area (Å²) in [7, 11) is 1.67. The molecular formula is C21H26N6O. The van der Waals surface area contributed by atoms with Crippen LogP contribution in [-0.4, -0.2) is 39.7 Å². The summed E-state index contributed by atoms with van der Waals surface area (Å²) in [6.45, 7) is 6.09. The molecule has 1 fully saturated rings. The van der Waals surface area contributed by atoms with E-state index in [0.717, 1.165) is 47.4 Å². The van der Waals surface area contributed by atoms with Crippen molar-refractivity contribution in [3.63, 3.8) is 0 Å². The second kappa shape index (κ2) is 7.88. The number of piperidine rings is 1. The molecule has 3 heterocycles. The fraction of sp³-hybridized carbons (Fsp3) is 0.381. The van der Waals surface area contributed by atoms with Crippen molar-refractivity contribution in [1.82, 2.24) is 19.5 Å². The Morgan fingerprint density at radius 1 is 1.00 bits per heavy atom. The first-order chi connectivity index (χ1) is 13.6. The third-order valence-electron chi connectivity index (χ3n) is 4.95. The third kappa shape index (κ3) is 3.93. The Morgan fingerprint density at radius 2 is 1.82 bits per heavy atom. The van der Waals surface area contributed by atoms with E-state index in [9.17, 15) is 0 Å². The molecule has 2 aromatic heterocycles. The van der Waals surface area contributed by atoms with Gasteiger partial charge in [-0.25, -0.2) is 9.97 Å². The fourth-order valence-electron chi connectivity index (χ4n) is 3.54. The molecule has 1 aromatic carbocycles. The number of aromatic nitrogens is 4. The topological polar surface area (TPSA) is 68.1 Å². The van der Waals surface area contributed by atoms with Crippen molar-refractivity contribution in [1.29, 1.82) is 0 Å². The Bertz CT molecular complexity index is 961. The van der Waals surface area contributed by atoms with Gasteiger partial charge in [0.15, 0.2) is 0 Å². The van der Waals surface area contributed by atoms with Gasteiger partial charge in [0, 0.05) is 42.8 Å². The molecule has 0 unspecified atom stereocenters. The fourth-order valence-corrected chi connectivity index (χ4v) is 3.54. The summed E-state index contributed by atoms with van der Waals surface area (Å²) in [4.78, 5) is 15.9. The first-order valence-corrected chi connectivity index (χ1v) is 9.69. The molecule has 28 heavy (non-hydrogen) atoms. The molecule has 0 amide bonds. The van der Waals surface area contributed by atoms with Crippen LogP contribution in [0, 0.1) is 13.8 Å². The van der Waals surface area contributed by atoms with E-state index in [2.05, 4.69) is 26.3 Å². The van der Waals surface area contributed by atoms with Gasteiger partial charge in [-0.1, -0.05) is 0 Å². The van der Waals surface area contributed by atoms with Gasteiger partial charge in [0.1, 0.15) is 11.6 Å². The predicted molar refractivity (Wildman–Crippen MR) is 111 cm³/mol. The van der Waals surface area contributed by atoms with Crippen LogP contribution in [0.2, 0.25) is 0 Å². The molecule has 1 aliphatic heterocycles. The molecular weight excluding hydrogens is 352 g/mol. The van der Waals surface area contributed by atoms with Crippen LogP contribution in [-0.2, 0) is 0 Å². The Balaban J connectivity index is 1.59. The van der Waals surface area contributed by atoms with E-state index in [1.807, 2.05) is 42.8 Å². The Kier molecular flexibility index (Phi) is 5.14. The minimum absolute atomic E-state index is 0.605. The number of nitrogens with one attached hydrogen (secondary N) is 1. The molecule has 0 bridgehead atoms. The number of methoxy groups -OCH3 is 1. The maximum absolute atomic E-state index is 5.59. The van der Waals surface area contributed by atoms with Gasteiger partial charge in [0.25, 0.3) is 0 Å². The summed E-state index contributed by atoms with van der Waals surface area (Å²) in [6.07, 6.45) is 7.50. The van der Waals surface area contributed by atoms with Crippen LogP contribution in [0.5, 0.6) is 5.75 Å². The molecule has 0 aliphatic carbocycles. The van der Waals surface area contributed by atoms with Gasteiger partial charge < -0.3 is 19.5 Å². The van der Waals surface area contributed by atoms with Gasteiger partial charge in [-0.15, -0.1) is 0 Å². The highest BCUT2D eigenvalue weighted by Gasteiger charge is 2.14. The molecule has 146 valence electrons. The van der Waals surface area contributed by atoms with Gasteiger partial charge in [-0.05, 0) is 45.2 Å². The summed E-state index contributed by atoms with van der Waals surface area (Å²) in [5.74, 6) is 2.35. The molecule has 3 aromatic rings. The van der Waals surface area contributed by atoms with Gasteiger partial charge in [-0.3, -0.25) is 0 Å². The van der Waals surface area contributed by atoms with Crippen LogP contribution < -0.4 is 15.0 Å². The molecule has 1 aliphatic rings. The zero-order chi connectivity index (χ0) is 19.5. The van der Waals surface area contributed by atoms with Crippen LogP contribution in [0.25, 0.3) is 5.69 Å². The van der Waals surface area contributed by atoms with Crippen molar-refractivity contribution in [2.24, 2.45) is 0 Å². The molecule has 0 atom stereocenters. The lowest BCUT2D eigenvalue weighted by Crippen LogP contribution is -2.30. The number of hydrogen-bond acceptors (Lipinski definition) is 6. The van der Waals surface area contributed by atoms with Crippen molar-refractivity contribution in [2.45, 2.75) is 33.1 Å². The highest BCUT2D eigenvalue weighted by Crippen LogP contribution is 2.28. The van der Waals surface area contributed by atoms with Gasteiger partial charge in [0.2, 0.25) is 5.95 Å². The smallest absolute Gasteiger partial charge is 0.229 e. The second-order valence-corrected chi connectivity index (χ2v) is 7.17. The molecule has 1 N–H and O–H groups in total. The van der Waals surface area contributed by atoms with Crippen molar-refractivity contribution in [3.05, 3.63) is 48.2 Å². The van der Waals surface area contributed by atoms with E-state index in [1.54, 1.807) is 13.4 Å².